The highest BCUT2D eigenvalue weighted by molar-refractivity contribution is 7.92. The van der Waals surface area contributed by atoms with E-state index in [9.17, 15) is 12.8 Å². The maximum atomic E-state index is 15.5. The Labute approximate surface area is 231 Å². The van der Waals surface area contributed by atoms with Crippen molar-refractivity contribution in [2.45, 2.75) is 42.7 Å². The van der Waals surface area contributed by atoms with E-state index in [0.29, 0.717) is 22.9 Å². The molecule has 9 nitrogen and oxygen atoms in total. The molecule has 2 N–H and O–H groups in total. The predicted molar refractivity (Wildman–Crippen MR) is 148 cm³/mol. The third-order valence-corrected chi connectivity index (χ3v) is 8.45. The van der Waals surface area contributed by atoms with Crippen molar-refractivity contribution in [3.8, 4) is 17.2 Å². The Balaban J connectivity index is 1.39. The minimum atomic E-state index is -4.29. The summed E-state index contributed by atoms with van der Waals surface area (Å²) in [4.78, 5) is 14.6. The Morgan fingerprint density at radius 2 is 1.80 bits per heavy atom. The molecular formula is C28H27F2N7O2S. The molecule has 2 aromatic carbocycles. The molecule has 1 fully saturated rings. The molecule has 40 heavy (non-hydrogen) atoms. The molecule has 2 heterocycles. The molecule has 0 aliphatic heterocycles. The minimum absolute atomic E-state index is 0.0246. The van der Waals surface area contributed by atoms with E-state index >= 15 is 4.39 Å². The van der Waals surface area contributed by atoms with Gasteiger partial charge in [0.25, 0.3) is 10.0 Å². The number of anilines is 2. The van der Waals surface area contributed by atoms with Crippen LogP contribution < -0.4 is 10.0 Å². The van der Waals surface area contributed by atoms with Crippen LogP contribution in [-0.4, -0.2) is 54.4 Å². The first-order chi connectivity index (χ1) is 19.1. The van der Waals surface area contributed by atoms with Gasteiger partial charge in [0.2, 0.25) is 5.95 Å². The largest absolute Gasteiger partial charge is 0.351 e. The Morgan fingerprint density at radius 3 is 2.52 bits per heavy atom. The molecule has 5 rings (SSSR count). The summed E-state index contributed by atoms with van der Waals surface area (Å²) < 4.78 is 58.1. The van der Waals surface area contributed by atoms with E-state index in [1.165, 1.54) is 12.3 Å². The first-order valence-electron chi connectivity index (χ1n) is 12.7. The highest BCUT2D eigenvalue weighted by Crippen LogP contribution is 2.33. The van der Waals surface area contributed by atoms with Crippen LogP contribution in [0.15, 0.2) is 59.9 Å². The first kappa shape index (κ1) is 27.4. The molecule has 0 amide bonds. The number of hydrogen-bond donors (Lipinski definition) is 2. The van der Waals surface area contributed by atoms with Crippen LogP contribution in [0.25, 0.3) is 22.0 Å². The lowest BCUT2D eigenvalue weighted by Gasteiger charge is -2.32. The summed E-state index contributed by atoms with van der Waals surface area (Å²) >= 11 is 0. The van der Waals surface area contributed by atoms with Gasteiger partial charge in [-0.15, -0.1) is 0 Å². The number of pyridine rings is 1. The fourth-order valence-corrected chi connectivity index (χ4v) is 5.95. The summed E-state index contributed by atoms with van der Waals surface area (Å²) in [5.41, 5.74) is -0.0186. The molecule has 0 atom stereocenters. The highest BCUT2D eigenvalue weighted by Gasteiger charge is 2.24. The summed E-state index contributed by atoms with van der Waals surface area (Å²) in [5.74, 6) is -1.45. The third kappa shape index (κ3) is 5.71. The fraction of sp³-hybridized carbons (Fsp3) is 0.286. The van der Waals surface area contributed by atoms with Crippen LogP contribution in [0.5, 0.6) is 0 Å². The zero-order valence-electron chi connectivity index (χ0n) is 21.9. The lowest BCUT2D eigenvalue weighted by molar-refractivity contribution is 0.221. The van der Waals surface area contributed by atoms with Gasteiger partial charge in [0.05, 0.1) is 22.3 Å². The van der Waals surface area contributed by atoms with E-state index in [2.05, 4.69) is 44.0 Å². The second-order valence-corrected chi connectivity index (χ2v) is 11.7. The molecule has 2 aromatic heterocycles. The van der Waals surface area contributed by atoms with Crippen molar-refractivity contribution in [1.29, 1.82) is 5.26 Å². The van der Waals surface area contributed by atoms with Crippen LogP contribution in [0, 0.1) is 23.0 Å². The molecule has 0 spiro atoms. The average Bonchev–Trinajstić information content (AvgIpc) is 2.95. The number of nitrogens with one attached hydrogen (secondary N) is 2. The molecule has 1 aliphatic carbocycles. The molecule has 0 saturated heterocycles. The Hall–Kier alpha value is -4.21. The summed E-state index contributed by atoms with van der Waals surface area (Å²) in [5, 5.41) is 13.0. The molecule has 0 unspecified atom stereocenters. The predicted octanol–water partition coefficient (Wildman–Crippen LogP) is 4.93. The van der Waals surface area contributed by atoms with Crippen LogP contribution in [0.4, 0.5) is 20.4 Å². The van der Waals surface area contributed by atoms with Crippen molar-refractivity contribution < 1.29 is 17.2 Å². The van der Waals surface area contributed by atoms with Crippen LogP contribution in [0.3, 0.4) is 0 Å². The Morgan fingerprint density at radius 1 is 1.02 bits per heavy atom. The zero-order valence-corrected chi connectivity index (χ0v) is 22.7. The SMILES string of the molecule is CN(C)[C@H]1CC[C@H](Nc2ncc3cc(-c4c(F)ccc(NS(=O)(=O)c5cncc(C#N)c5)c4F)ccc3n2)CC1. The monoisotopic (exact) mass is 563 g/mol. The quantitative estimate of drug-likeness (QED) is 0.325. The highest BCUT2D eigenvalue weighted by atomic mass is 32.2. The summed E-state index contributed by atoms with van der Waals surface area (Å²) in [6.07, 6.45) is 8.05. The third-order valence-electron chi connectivity index (χ3n) is 7.12. The van der Waals surface area contributed by atoms with E-state index in [-0.39, 0.29) is 22.1 Å². The van der Waals surface area contributed by atoms with Gasteiger partial charge in [0.1, 0.15) is 16.8 Å². The van der Waals surface area contributed by atoms with Gasteiger partial charge in [0, 0.05) is 36.1 Å². The van der Waals surface area contributed by atoms with Crippen molar-refractivity contribution in [3.05, 3.63) is 72.2 Å². The number of nitriles is 1. The molecule has 12 heteroatoms. The maximum Gasteiger partial charge on any atom is 0.263 e. The number of hydrogen-bond acceptors (Lipinski definition) is 8. The number of nitrogens with zero attached hydrogens (tertiary/aromatic N) is 5. The van der Waals surface area contributed by atoms with Gasteiger partial charge < -0.3 is 10.2 Å². The van der Waals surface area contributed by atoms with Gasteiger partial charge in [-0.3, -0.25) is 9.71 Å². The number of rotatable bonds is 7. The molecule has 0 bridgehead atoms. The molecular weight excluding hydrogens is 536 g/mol. The van der Waals surface area contributed by atoms with E-state index in [1.54, 1.807) is 24.4 Å². The van der Waals surface area contributed by atoms with Crippen LogP contribution in [0.2, 0.25) is 0 Å². The Kier molecular flexibility index (Phi) is 7.60. The van der Waals surface area contributed by atoms with Gasteiger partial charge in [-0.2, -0.15) is 5.26 Å². The lowest BCUT2D eigenvalue weighted by Crippen LogP contribution is -2.36. The second-order valence-electron chi connectivity index (χ2n) is 9.99. The molecule has 1 saturated carbocycles. The second kappa shape index (κ2) is 11.1. The average molecular weight is 564 g/mol. The zero-order chi connectivity index (χ0) is 28.4. The normalized spacial score (nSPS) is 17.5. The molecule has 206 valence electrons. The van der Waals surface area contributed by atoms with E-state index in [1.807, 2.05) is 0 Å². The van der Waals surface area contributed by atoms with E-state index in [0.717, 1.165) is 50.1 Å². The van der Waals surface area contributed by atoms with Crippen molar-refractivity contribution >= 4 is 32.6 Å². The standard InChI is InChI=1S/C28H27F2N7O2S/c1-37(2)21-6-4-20(5-7-21)34-28-33-15-19-12-18(3-9-24(19)35-28)26-23(29)8-10-25(27(26)30)36-40(38,39)22-11-17(13-31)14-32-16-22/h3,8-12,14-16,20-21,36H,4-7H2,1-2H3,(H,33,34,35)/t20-,21-. The van der Waals surface area contributed by atoms with Crippen LogP contribution in [-0.2, 0) is 10.0 Å². The number of benzene rings is 2. The lowest BCUT2D eigenvalue weighted by atomic mass is 9.91. The number of aromatic nitrogens is 3. The minimum Gasteiger partial charge on any atom is -0.351 e. The maximum absolute atomic E-state index is 15.5. The number of fused-ring (bicyclic) bond motifs is 1. The summed E-state index contributed by atoms with van der Waals surface area (Å²) in [6.45, 7) is 0. The fourth-order valence-electron chi connectivity index (χ4n) is 4.90. The van der Waals surface area contributed by atoms with Gasteiger partial charge in [-0.05, 0) is 75.7 Å². The van der Waals surface area contributed by atoms with Gasteiger partial charge in [0.15, 0.2) is 5.82 Å². The molecule has 1 aliphatic rings. The first-order valence-corrected chi connectivity index (χ1v) is 14.2. The van der Waals surface area contributed by atoms with Crippen LogP contribution >= 0.6 is 0 Å². The number of halogens is 2. The van der Waals surface area contributed by atoms with Crippen molar-refractivity contribution in [1.82, 2.24) is 19.9 Å². The Bertz CT molecular complexity index is 1720. The van der Waals surface area contributed by atoms with E-state index in [4.69, 9.17) is 5.26 Å². The van der Waals surface area contributed by atoms with Gasteiger partial charge in [-0.25, -0.2) is 27.2 Å². The summed E-state index contributed by atoms with van der Waals surface area (Å²) in [6, 6.07) is 10.5. The molecule has 4 aromatic rings. The summed E-state index contributed by atoms with van der Waals surface area (Å²) in [7, 11) is -0.100. The molecule has 0 radical (unpaired) electrons. The van der Waals surface area contributed by atoms with Crippen molar-refractivity contribution in [2.75, 3.05) is 24.1 Å². The smallest absolute Gasteiger partial charge is 0.263 e. The van der Waals surface area contributed by atoms with Crippen LogP contribution in [0.1, 0.15) is 31.2 Å². The number of sulfonamides is 1. The van der Waals surface area contributed by atoms with Crippen molar-refractivity contribution in [2.24, 2.45) is 0 Å². The van der Waals surface area contributed by atoms with Crippen molar-refractivity contribution in [3.63, 3.8) is 0 Å². The van der Waals surface area contributed by atoms with Gasteiger partial charge >= 0.3 is 0 Å². The topological polar surface area (TPSA) is 124 Å². The van der Waals surface area contributed by atoms with Gasteiger partial charge in [-0.1, -0.05) is 6.07 Å². The van der Waals surface area contributed by atoms with E-state index < -0.39 is 32.9 Å².